The number of nitrogens with zero attached hydrogens (tertiary/aromatic N) is 3. The van der Waals surface area contributed by atoms with E-state index in [1.165, 1.54) is 47.1 Å². The second-order valence-corrected chi connectivity index (χ2v) is 14.7. The van der Waals surface area contributed by atoms with Gasteiger partial charge in [0.1, 0.15) is 10.3 Å². The number of para-hydroxylation sites is 2. The van der Waals surface area contributed by atoms with E-state index in [2.05, 4.69) is 163 Å². The highest BCUT2D eigenvalue weighted by Crippen LogP contribution is 2.42. The van der Waals surface area contributed by atoms with Gasteiger partial charge in [-0.1, -0.05) is 109 Å². The Morgan fingerprint density at radius 3 is 1.92 bits per heavy atom. The van der Waals surface area contributed by atoms with Crippen molar-refractivity contribution in [3.05, 3.63) is 176 Å². The summed E-state index contributed by atoms with van der Waals surface area (Å²) in [7, 11) is 0. The third-order valence-electron chi connectivity index (χ3n) is 9.52. The molecule has 3 aromatic heterocycles. The second-order valence-electron chi connectivity index (χ2n) is 12.6. The van der Waals surface area contributed by atoms with Gasteiger partial charge in [-0.3, -0.25) is 0 Å². The van der Waals surface area contributed by atoms with Crippen molar-refractivity contribution in [3.8, 4) is 33.5 Å². The zero-order valence-electron chi connectivity index (χ0n) is 27.4. The number of hydrogen-bond donors (Lipinski definition) is 0. The van der Waals surface area contributed by atoms with Gasteiger partial charge < -0.3 is 4.90 Å². The smallest absolute Gasteiger partial charge is 0.143 e. The lowest BCUT2D eigenvalue weighted by Crippen LogP contribution is -2.09. The van der Waals surface area contributed by atoms with Crippen molar-refractivity contribution < 1.29 is 0 Å². The lowest BCUT2D eigenvalue weighted by Gasteiger charge is -2.25. The molecule has 3 heterocycles. The summed E-state index contributed by atoms with van der Waals surface area (Å²) in [6.07, 6.45) is 1.91. The molecule has 7 aromatic carbocycles. The number of thiophene rings is 2. The van der Waals surface area contributed by atoms with Crippen LogP contribution in [-0.4, -0.2) is 9.97 Å². The number of fused-ring (bicyclic) bond motifs is 6. The van der Waals surface area contributed by atoms with Gasteiger partial charge in [0.25, 0.3) is 0 Å². The van der Waals surface area contributed by atoms with Crippen LogP contribution < -0.4 is 4.90 Å². The van der Waals surface area contributed by atoms with Crippen LogP contribution in [0.5, 0.6) is 0 Å². The highest BCUT2D eigenvalue weighted by Gasteiger charge is 2.16. The molecule has 3 nitrogen and oxygen atoms in total. The number of benzene rings is 7. The summed E-state index contributed by atoms with van der Waals surface area (Å²) in [5, 5.41) is 3.77. The molecule has 0 unspecified atom stereocenters. The maximum absolute atomic E-state index is 5.27. The quantitative estimate of drug-likeness (QED) is 0.174. The Bertz CT molecular complexity index is 2830. The molecule has 0 atom stereocenters. The maximum atomic E-state index is 5.27. The molecule has 0 radical (unpaired) electrons. The van der Waals surface area contributed by atoms with Crippen molar-refractivity contribution >= 4 is 80.3 Å². The fraction of sp³-hybridized carbons (Fsp3) is 0. The van der Waals surface area contributed by atoms with Gasteiger partial charge in [0.2, 0.25) is 0 Å². The van der Waals surface area contributed by atoms with Crippen LogP contribution in [0.3, 0.4) is 0 Å². The molecule has 0 fully saturated rings. The van der Waals surface area contributed by atoms with Gasteiger partial charge in [-0.05, 0) is 82.9 Å². The molecule has 0 aliphatic carbocycles. The Morgan fingerprint density at radius 2 is 1.08 bits per heavy atom. The minimum absolute atomic E-state index is 0.856. The van der Waals surface area contributed by atoms with E-state index >= 15 is 0 Å². The SMILES string of the molecule is c1ccc(N(c2ccccc2)c2cccc(-c3cnc4sc5ccc(-c6cccc(-c7cccc8c7sc7ccccc78)c6)cc5c4n3)c2)cc1. The van der Waals surface area contributed by atoms with Crippen molar-refractivity contribution in [1.82, 2.24) is 9.97 Å². The molecule has 0 spiro atoms. The van der Waals surface area contributed by atoms with Crippen LogP contribution in [0.25, 0.3) is 74.1 Å². The zero-order chi connectivity index (χ0) is 33.7. The highest BCUT2D eigenvalue weighted by atomic mass is 32.1. The van der Waals surface area contributed by atoms with Crippen LogP contribution in [0, 0.1) is 0 Å². The molecule has 10 aromatic rings. The second kappa shape index (κ2) is 12.3. The van der Waals surface area contributed by atoms with Gasteiger partial charge in [0.05, 0.1) is 11.9 Å². The summed E-state index contributed by atoms with van der Waals surface area (Å²) in [4.78, 5) is 13.4. The van der Waals surface area contributed by atoms with Gasteiger partial charge in [0, 0.05) is 52.9 Å². The van der Waals surface area contributed by atoms with Crippen molar-refractivity contribution in [3.63, 3.8) is 0 Å². The number of rotatable bonds is 6. The lowest BCUT2D eigenvalue weighted by atomic mass is 9.97. The predicted molar refractivity (Wildman–Crippen MR) is 219 cm³/mol. The topological polar surface area (TPSA) is 29.0 Å². The zero-order valence-corrected chi connectivity index (χ0v) is 29.0. The first-order chi connectivity index (χ1) is 25.3. The fourth-order valence-electron chi connectivity index (χ4n) is 7.10. The Morgan fingerprint density at radius 1 is 0.431 bits per heavy atom. The third kappa shape index (κ3) is 5.26. The molecule has 0 amide bonds. The van der Waals surface area contributed by atoms with Crippen LogP contribution in [0.1, 0.15) is 0 Å². The summed E-state index contributed by atoms with van der Waals surface area (Å²) >= 11 is 3.57. The first-order valence-corrected chi connectivity index (χ1v) is 18.6. The van der Waals surface area contributed by atoms with E-state index in [1.807, 2.05) is 29.7 Å². The molecule has 0 saturated carbocycles. The molecule has 10 rings (SSSR count). The molecule has 0 N–H and O–H groups in total. The van der Waals surface area contributed by atoms with E-state index in [-0.39, 0.29) is 0 Å². The van der Waals surface area contributed by atoms with Crippen LogP contribution in [0.4, 0.5) is 17.1 Å². The average Bonchev–Trinajstić information content (AvgIpc) is 3.77. The van der Waals surface area contributed by atoms with Crippen molar-refractivity contribution in [2.45, 2.75) is 0 Å². The van der Waals surface area contributed by atoms with Crippen LogP contribution >= 0.6 is 22.7 Å². The first kappa shape index (κ1) is 29.7. The molecule has 0 aliphatic rings. The van der Waals surface area contributed by atoms with Crippen LogP contribution in [0.2, 0.25) is 0 Å². The van der Waals surface area contributed by atoms with Gasteiger partial charge in [-0.15, -0.1) is 22.7 Å². The molecular weight excluding hydrogens is 659 g/mol. The first-order valence-electron chi connectivity index (χ1n) is 17.0. The van der Waals surface area contributed by atoms with E-state index in [4.69, 9.17) is 9.97 Å². The van der Waals surface area contributed by atoms with Crippen LogP contribution in [-0.2, 0) is 0 Å². The standard InChI is InChI=1S/C46H29N3S2/c1-3-15-34(16-4-1)49(35-17-5-2-6-18-35)36-19-10-14-33(27-36)41-29-47-46-44(48-41)40-28-31(24-25-43(40)51-46)30-12-9-13-32(26-30)37-21-11-22-39-38-20-7-8-23-42(38)50-45(37)39/h1-29H. The molecule has 240 valence electrons. The van der Waals surface area contributed by atoms with Crippen LogP contribution in [0.15, 0.2) is 176 Å². The van der Waals surface area contributed by atoms with E-state index in [0.717, 1.165) is 44.1 Å². The van der Waals surface area contributed by atoms with Gasteiger partial charge in [-0.2, -0.15) is 0 Å². The van der Waals surface area contributed by atoms with Gasteiger partial charge in [-0.25, -0.2) is 9.97 Å². The largest absolute Gasteiger partial charge is 0.310 e. The maximum Gasteiger partial charge on any atom is 0.143 e. The molecular formula is C46H29N3S2. The number of aromatic nitrogens is 2. The summed E-state index contributed by atoms with van der Waals surface area (Å²) in [5.74, 6) is 0. The molecule has 5 heteroatoms. The minimum atomic E-state index is 0.856. The van der Waals surface area contributed by atoms with Gasteiger partial charge >= 0.3 is 0 Å². The summed E-state index contributed by atoms with van der Waals surface area (Å²) in [6, 6.07) is 60.6. The predicted octanol–water partition coefficient (Wildman–Crippen LogP) is 13.7. The van der Waals surface area contributed by atoms with E-state index in [1.54, 1.807) is 11.3 Å². The van der Waals surface area contributed by atoms with E-state index in [9.17, 15) is 0 Å². The van der Waals surface area contributed by atoms with E-state index < -0.39 is 0 Å². The normalized spacial score (nSPS) is 11.5. The number of anilines is 3. The summed E-state index contributed by atoms with van der Waals surface area (Å²) in [5.41, 5.74) is 10.9. The Balaban J connectivity index is 1.04. The summed E-state index contributed by atoms with van der Waals surface area (Å²) in [6.45, 7) is 0. The fourth-order valence-corrected chi connectivity index (χ4v) is 9.31. The van der Waals surface area contributed by atoms with Crippen molar-refractivity contribution in [1.29, 1.82) is 0 Å². The van der Waals surface area contributed by atoms with Crippen molar-refractivity contribution in [2.75, 3.05) is 4.90 Å². The minimum Gasteiger partial charge on any atom is -0.310 e. The monoisotopic (exact) mass is 687 g/mol. The average molecular weight is 688 g/mol. The van der Waals surface area contributed by atoms with E-state index in [0.29, 0.717) is 0 Å². The Kier molecular flexibility index (Phi) is 7.19. The lowest BCUT2D eigenvalue weighted by molar-refractivity contribution is 1.27. The third-order valence-corrected chi connectivity index (χ3v) is 11.8. The summed E-state index contributed by atoms with van der Waals surface area (Å²) < 4.78 is 3.84. The number of hydrogen-bond acceptors (Lipinski definition) is 5. The molecule has 0 aliphatic heterocycles. The van der Waals surface area contributed by atoms with Gasteiger partial charge in [0.15, 0.2) is 0 Å². The highest BCUT2D eigenvalue weighted by molar-refractivity contribution is 7.26. The Labute approximate surface area is 303 Å². The molecule has 51 heavy (non-hydrogen) atoms. The molecule has 0 bridgehead atoms. The Hall–Kier alpha value is -6.14. The molecule has 0 saturated heterocycles. The van der Waals surface area contributed by atoms with Crippen molar-refractivity contribution in [2.24, 2.45) is 0 Å².